The van der Waals surface area contributed by atoms with Gasteiger partial charge in [0.05, 0.1) is 13.2 Å². The van der Waals surface area contributed by atoms with Gasteiger partial charge in [0.1, 0.15) is 6.04 Å². The van der Waals surface area contributed by atoms with Crippen molar-refractivity contribution in [1.29, 1.82) is 0 Å². The normalized spacial score (nSPS) is 24.1. The average Bonchev–Trinajstić information content (AvgIpc) is 2.44. The molecular formula is C11H22N4O4P2. The lowest BCUT2D eigenvalue weighted by Gasteiger charge is -2.38. The van der Waals surface area contributed by atoms with E-state index in [1.165, 1.54) is 9.96 Å². The number of urea groups is 1. The number of hydroxylamine groups is 3. The Morgan fingerprint density at radius 1 is 1.48 bits per heavy atom. The molecule has 2 fully saturated rings. The molecular weight excluding hydrogens is 314 g/mol. The Labute approximate surface area is 128 Å². The van der Waals surface area contributed by atoms with Crippen LogP contribution in [0, 0.1) is 5.92 Å². The minimum Gasteiger partial charge on any atom is -0.311 e. The van der Waals surface area contributed by atoms with E-state index in [4.69, 9.17) is 9.46 Å². The molecule has 0 spiro atoms. The zero-order chi connectivity index (χ0) is 15.4. The van der Waals surface area contributed by atoms with Crippen molar-refractivity contribution in [3.05, 3.63) is 0 Å². The van der Waals surface area contributed by atoms with Gasteiger partial charge in [0.2, 0.25) is 0 Å². The summed E-state index contributed by atoms with van der Waals surface area (Å²) >= 11 is 0. The largest absolute Gasteiger partial charge is 0.344 e. The molecule has 0 aliphatic carbocycles. The molecule has 2 aliphatic rings. The zero-order valence-electron chi connectivity index (χ0n) is 12.0. The summed E-state index contributed by atoms with van der Waals surface area (Å²) < 4.78 is 7.00. The van der Waals surface area contributed by atoms with Crippen molar-refractivity contribution in [2.45, 2.75) is 19.4 Å². The molecule has 3 atom stereocenters. The quantitative estimate of drug-likeness (QED) is 0.546. The van der Waals surface area contributed by atoms with Crippen LogP contribution in [0.3, 0.4) is 0 Å². The highest BCUT2D eigenvalue weighted by Crippen LogP contribution is 2.20. The molecule has 2 saturated heterocycles. The molecule has 2 rings (SSSR count). The molecule has 21 heavy (non-hydrogen) atoms. The molecule has 10 heteroatoms. The second-order valence-electron chi connectivity index (χ2n) is 5.18. The summed E-state index contributed by atoms with van der Waals surface area (Å²) in [6.45, 7) is 5.03. The van der Waals surface area contributed by atoms with Gasteiger partial charge < -0.3 is 4.90 Å². The third-order valence-electron chi connectivity index (χ3n) is 3.69. The van der Waals surface area contributed by atoms with Crippen molar-refractivity contribution >= 4 is 30.8 Å². The van der Waals surface area contributed by atoms with Gasteiger partial charge in [0.25, 0.3) is 5.91 Å². The van der Waals surface area contributed by atoms with Crippen LogP contribution in [0.2, 0.25) is 0 Å². The van der Waals surface area contributed by atoms with Crippen LogP contribution in [-0.4, -0.2) is 65.4 Å². The summed E-state index contributed by atoms with van der Waals surface area (Å²) in [5, 5.41) is 1.22. The number of rotatable bonds is 6. The van der Waals surface area contributed by atoms with Crippen LogP contribution in [0.5, 0.6) is 0 Å². The first kappa shape index (κ1) is 16.8. The van der Waals surface area contributed by atoms with Crippen LogP contribution in [0.4, 0.5) is 4.79 Å². The van der Waals surface area contributed by atoms with E-state index in [1.54, 1.807) is 0 Å². The highest BCUT2D eigenvalue weighted by molar-refractivity contribution is 7.13. The summed E-state index contributed by atoms with van der Waals surface area (Å²) in [5.41, 5.74) is 2.46. The highest BCUT2D eigenvalue weighted by atomic mass is 31.0. The lowest BCUT2D eigenvalue weighted by Crippen LogP contribution is -2.58. The number of nitrogens with one attached hydrogen (secondary N) is 1. The van der Waals surface area contributed by atoms with Crippen molar-refractivity contribution < 1.29 is 19.1 Å². The number of nitrogens with zero attached hydrogens (tertiary/aromatic N) is 3. The molecule has 2 aliphatic heterocycles. The van der Waals surface area contributed by atoms with Gasteiger partial charge in [-0.05, 0) is 13.3 Å². The van der Waals surface area contributed by atoms with Crippen LogP contribution >= 0.6 is 18.9 Å². The summed E-state index contributed by atoms with van der Waals surface area (Å²) in [6.07, 6.45) is 0.506. The first-order valence-corrected chi connectivity index (χ1v) is 7.91. The monoisotopic (exact) mass is 336 g/mol. The molecule has 3 amide bonds. The van der Waals surface area contributed by atoms with Crippen LogP contribution in [0.1, 0.15) is 13.3 Å². The Bertz CT molecular complexity index is 394. The fourth-order valence-electron chi connectivity index (χ4n) is 2.51. The molecule has 2 unspecified atom stereocenters. The molecule has 2 heterocycles. The van der Waals surface area contributed by atoms with Gasteiger partial charge in [0.15, 0.2) is 0 Å². The molecule has 0 bridgehead atoms. The Balaban J connectivity index is 1.79. The first-order chi connectivity index (χ1) is 10.1. The number of hydrogen-bond acceptors (Lipinski definition) is 5. The third-order valence-corrected chi connectivity index (χ3v) is 4.36. The average molecular weight is 336 g/mol. The second-order valence-corrected chi connectivity index (χ2v) is 6.12. The van der Waals surface area contributed by atoms with Gasteiger partial charge in [-0.3, -0.25) is 18.9 Å². The minimum absolute atomic E-state index is 0.282. The fraction of sp³-hybridized carbons (Fsp3) is 0.818. The Morgan fingerprint density at radius 2 is 2.19 bits per heavy atom. The SMILES string of the molecule is CCN1C(=O)N(OP)CC[C@H]1C(=O)NOCC1CN(P)C1. The van der Waals surface area contributed by atoms with Crippen LogP contribution in [0.25, 0.3) is 0 Å². The molecule has 0 radical (unpaired) electrons. The van der Waals surface area contributed by atoms with E-state index in [1.807, 2.05) is 16.4 Å². The van der Waals surface area contributed by atoms with Gasteiger partial charge in [-0.25, -0.2) is 15.3 Å². The predicted molar refractivity (Wildman–Crippen MR) is 82.5 cm³/mol. The standard InChI is InChI=1S/C11H22N4O4P2/c1-2-14-9(3-4-15(19-21)11(14)17)10(16)12-18-7-8-5-13(20)6-8/h8-9H,2-7,20-21H2,1H3,(H,12,16)/t9-/m0/s1. The topological polar surface area (TPSA) is 74.3 Å². The smallest absolute Gasteiger partial charge is 0.311 e. The lowest BCUT2D eigenvalue weighted by atomic mass is 10.1. The molecule has 0 aromatic rings. The summed E-state index contributed by atoms with van der Waals surface area (Å²) in [6, 6.07) is -0.824. The summed E-state index contributed by atoms with van der Waals surface area (Å²) in [4.78, 5) is 30.9. The number of hydrogen-bond donors (Lipinski definition) is 1. The number of likely N-dealkylation sites (N-methyl/N-ethyl adjacent to an activating group) is 1. The molecule has 0 saturated carbocycles. The predicted octanol–water partition coefficient (Wildman–Crippen LogP) is -0.00600. The first-order valence-electron chi connectivity index (χ1n) is 6.93. The van der Waals surface area contributed by atoms with Crippen molar-refractivity contribution in [2.75, 3.05) is 32.8 Å². The van der Waals surface area contributed by atoms with Crippen molar-refractivity contribution in [3.63, 3.8) is 0 Å². The third kappa shape index (κ3) is 4.02. The maximum absolute atomic E-state index is 12.2. The Kier molecular flexibility index (Phi) is 6.14. The maximum Gasteiger partial charge on any atom is 0.344 e. The van der Waals surface area contributed by atoms with Crippen molar-refractivity contribution in [1.82, 2.24) is 20.1 Å². The van der Waals surface area contributed by atoms with Gasteiger partial charge in [-0.1, -0.05) is 9.39 Å². The minimum atomic E-state index is -0.515. The van der Waals surface area contributed by atoms with Gasteiger partial charge in [-0.2, -0.15) is 0 Å². The molecule has 8 nitrogen and oxygen atoms in total. The Hall–Kier alpha value is -0.520. The fourth-order valence-corrected chi connectivity index (χ4v) is 3.30. The number of carbonyl (C=O) groups excluding carboxylic acids is 2. The van der Waals surface area contributed by atoms with E-state index < -0.39 is 6.04 Å². The molecule has 0 aromatic heterocycles. The van der Waals surface area contributed by atoms with E-state index in [0.717, 1.165) is 13.1 Å². The van der Waals surface area contributed by atoms with E-state index in [2.05, 4.69) is 19.5 Å². The van der Waals surface area contributed by atoms with Gasteiger partial charge in [0, 0.05) is 35.0 Å². The summed E-state index contributed by atoms with van der Waals surface area (Å²) in [5.74, 6) is 0.162. The van der Waals surface area contributed by atoms with E-state index >= 15 is 0 Å². The van der Waals surface area contributed by atoms with Gasteiger partial charge in [-0.15, -0.1) is 0 Å². The summed E-state index contributed by atoms with van der Waals surface area (Å²) in [7, 11) is 4.67. The molecule has 0 aromatic carbocycles. The van der Waals surface area contributed by atoms with E-state index in [0.29, 0.717) is 32.0 Å². The lowest BCUT2D eigenvalue weighted by molar-refractivity contribution is -0.143. The van der Waals surface area contributed by atoms with E-state index in [-0.39, 0.29) is 11.9 Å². The van der Waals surface area contributed by atoms with Gasteiger partial charge >= 0.3 is 6.03 Å². The number of carbonyl (C=O) groups is 2. The Morgan fingerprint density at radius 3 is 2.76 bits per heavy atom. The van der Waals surface area contributed by atoms with Crippen molar-refractivity contribution in [2.24, 2.45) is 5.92 Å². The van der Waals surface area contributed by atoms with Crippen LogP contribution in [0.15, 0.2) is 0 Å². The zero-order valence-corrected chi connectivity index (χ0v) is 14.3. The van der Waals surface area contributed by atoms with E-state index in [9.17, 15) is 9.59 Å². The number of amides is 3. The molecule has 120 valence electrons. The van der Waals surface area contributed by atoms with Crippen molar-refractivity contribution in [3.8, 4) is 0 Å². The molecule has 1 N–H and O–H groups in total. The van der Waals surface area contributed by atoms with Crippen LogP contribution in [-0.2, 0) is 14.3 Å². The second kappa shape index (κ2) is 7.65. The van der Waals surface area contributed by atoms with Crippen LogP contribution < -0.4 is 5.48 Å². The maximum atomic E-state index is 12.2. The highest BCUT2D eigenvalue weighted by Gasteiger charge is 2.37.